The molecule has 1 aromatic carbocycles. The topological polar surface area (TPSA) is 102 Å². The van der Waals surface area contributed by atoms with Crippen LogP contribution in [0.3, 0.4) is 0 Å². The maximum Gasteiger partial charge on any atom is 0.338 e. The van der Waals surface area contributed by atoms with Crippen LogP contribution >= 0.6 is 0 Å². The molecule has 2 atom stereocenters. The molecule has 31 heavy (non-hydrogen) atoms. The number of piperidine rings is 1. The number of hydrogen-bond acceptors (Lipinski definition) is 6. The predicted molar refractivity (Wildman–Crippen MR) is 115 cm³/mol. The smallest absolute Gasteiger partial charge is 0.338 e. The van der Waals surface area contributed by atoms with Crippen LogP contribution in [-0.4, -0.2) is 56.4 Å². The second-order valence-corrected chi connectivity index (χ2v) is 10.2. The number of esters is 1. The van der Waals surface area contributed by atoms with Crippen molar-refractivity contribution in [2.24, 2.45) is 0 Å². The Morgan fingerprint density at radius 3 is 2.45 bits per heavy atom. The van der Waals surface area contributed by atoms with Gasteiger partial charge in [0.05, 0.1) is 12.7 Å². The molecule has 0 aromatic heterocycles. The number of nitrogens with one attached hydrogen (secondary N) is 1. The van der Waals surface area contributed by atoms with Crippen molar-refractivity contribution in [2.45, 2.75) is 81.9 Å². The van der Waals surface area contributed by atoms with E-state index in [-0.39, 0.29) is 34.2 Å². The van der Waals surface area contributed by atoms with Crippen LogP contribution in [-0.2, 0) is 19.6 Å². The molecule has 1 heterocycles. The SMILES string of the molecule is COc1ccc(C(=O)OC(C)C(=O)NC2CCCC2)cc1S(=O)(=O)N1CCCCC1C. The maximum absolute atomic E-state index is 13.3. The van der Waals surface area contributed by atoms with E-state index in [2.05, 4.69) is 5.32 Å². The number of benzene rings is 1. The van der Waals surface area contributed by atoms with Gasteiger partial charge >= 0.3 is 5.97 Å². The van der Waals surface area contributed by atoms with Crippen molar-refractivity contribution in [3.05, 3.63) is 23.8 Å². The molecule has 0 spiro atoms. The van der Waals surface area contributed by atoms with E-state index in [1.807, 2.05) is 6.92 Å². The summed E-state index contributed by atoms with van der Waals surface area (Å²) in [6.45, 7) is 3.82. The Bertz CT molecular complexity index is 911. The lowest BCUT2D eigenvalue weighted by atomic mass is 10.1. The molecule has 2 unspecified atom stereocenters. The number of sulfonamides is 1. The highest BCUT2D eigenvalue weighted by molar-refractivity contribution is 7.89. The molecule has 2 fully saturated rings. The molecule has 1 aliphatic carbocycles. The molecule has 9 heteroatoms. The number of hydrogen-bond donors (Lipinski definition) is 1. The zero-order valence-corrected chi connectivity index (χ0v) is 19.2. The van der Waals surface area contributed by atoms with E-state index < -0.39 is 22.1 Å². The van der Waals surface area contributed by atoms with Crippen LogP contribution in [0.2, 0.25) is 0 Å². The quantitative estimate of drug-likeness (QED) is 0.639. The van der Waals surface area contributed by atoms with Gasteiger partial charge in [-0.25, -0.2) is 13.2 Å². The molecule has 1 saturated heterocycles. The zero-order valence-electron chi connectivity index (χ0n) is 18.4. The highest BCUT2D eigenvalue weighted by Gasteiger charge is 2.34. The molecular formula is C22H32N2O6S. The standard InChI is InChI=1S/C22H32N2O6S/c1-15-8-6-7-13-24(15)31(27,28)20-14-17(11-12-19(20)29-3)22(26)30-16(2)21(25)23-18-9-4-5-10-18/h11-12,14-16,18H,4-10,13H2,1-3H3,(H,23,25). The molecule has 1 aromatic rings. The van der Waals surface area contributed by atoms with Crippen LogP contribution in [0.4, 0.5) is 0 Å². The van der Waals surface area contributed by atoms with Gasteiger partial charge in [0, 0.05) is 18.6 Å². The van der Waals surface area contributed by atoms with Crippen molar-refractivity contribution in [2.75, 3.05) is 13.7 Å². The van der Waals surface area contributed by atoms with Crippen LogP contribution < -0.4 is 10.1 Å². The van der Waals surface area contributed by atoms with Crippen LogP contribution in [0.25, 0.3) is 0 Å². The molecule has 0 bridgehead atoms. The van der Waals surface area contributed by atoms with E-state index in [0.29, 0.717) is 6.54 Å². The van der Waals surface area contributed by atoms with Crippen molar-refractivity contribution < 1.29 is 27.5 Å². The van der Waals surface area contributed by atoms with Gasteiger partial charge in [-0.15, -0.1) is 0 Å². The van der Waals surface area contributed by atoms with Gasteiger partial charge in [-0.05, 0) is 57.7 Å². The number of amides is 1. The second kappa shape index (κ2) is 9.99. The number of ether oxygens (including phenoxy) is 2. The first-order valence-corrected chi connectivity index (χ1v) is 12.4. The molecule has 1 N–H and O–H groups in total. The van der Waals surface area contributed by atoms with Gasteiger partial charge in [0.25, 0.3) is 5.91 Å². The van der Waals surface area contributed by atoms with Gasteiger partial charge in [-0.3, -0.25) is 4.79 Å². The molecule has 2 aliphatic rings. The largest absolute Gasteiger partial charge is 0.495 e. The van der Waals surface area contributed by atoms with Crippen molar-refractivity contribution in [3.63, 3.8) is 0 Å². The highest BCUT2D eigenvalue weighted by Crippen LogP contribution is 2.32. The van der Waals surface area contributed by atoms with Crippen molar-refractivity contribution >= 4 is 21.9 Å². The van der Waals surface area contributed by atoms with E-state index >= 15 is 0 Å². The van der Waals surface area contributed by atoms with Gasteiger partial charge in [-0.1, -0.05) is 19.3 Å². The van der Waals surface area contributed by atoms with Gasteiger partial charge in [0.1, 0.15) is 10.6 Å². The highest BCUT2D eigenvalue weighted by atomic mass is 32.2. The summed E-state index contributed by atoms with van der Waals surface area (Å²) < 4.78 is 38.7. The number of rotatable bonds is 7. The fraction of sp³-hybridized carbons (Fsp3) is 0.636. The molecule has 1 amide bonds. The van der Waals surface area contributed by atoms with Gasteiger partial charge < -0.3 is 14.8 Å². The van der Waals surface area contributed by atoms with E-state index in [9.17, 15) is 18.0 Å². The summed E-state index contributed by atoms with van der Waals surface area (Å²) in [4.78, 5) is 24.9. The van der Waals surface area contributed by atoms with Crippen LogP contribution in [0.15, 0.2) is 23.1 Å². The Labute approximate surface area is 184 Å². The zero-order chi connectivity index (χ0) is 22.6. The number of carbonyl (C=O) groups is 2. The molecule has 172 valence electrons. The summed E-state index contributed by atoms with van der Waals surface area (Å²) in [5, 5.41) is 2.90. The van der Waals surface area contributed by atoms with E-state index in [1.54, 1.807) is 0 Å². The van der Waals surface area contributed by atoms with Crippen molar-refractivity contribution in [3.8, 4) is 5.75 Å². The molecule has 8 nitrogen and oxygen atoms in total. The number of carbonyl (C=O) groups excluding carboxylic acids is 2. The maximum atomic E-state index is 13.3. The molecule has 0 radical (unpaired) electrons. The molecule has 3 rings (SSSR count). The first-order chi connectivity index (χ1) is 14.7. The fourth-order valence-electron chi connectivity index (χ4n) is 4.23. The fourth-order valence-corrected chi connectivity index (χ4v) is 6.11. The number of nitrogens with zero attached hydrogens (tertiary/aromatic N) is 1. The lowest BCUT2D eigenvalue weighted by Crippen LogP contribution is -2.42. The lowest BCUT2D eigenvalue weighted by Gasteiger charge is -2.32. The predicted octanol–water partition coefficient (Wildman–Crippen LogP) is 2.86. The molecule has 1 aliphatic heterocycles. The molecule has 1 saturated carbocycles. The Morgan fingerprint density at radius 2 is 1.81 bits per heavy atom. The van der Waals surface area contributed by atoms with E-state index in [1.165, 1.54) is 36.5 Å². The minimum Gasteiger partial charge on any atom is -0.495 e. The van der Waals surface area contributed by atoms with Crippen LogP contribution in [0.5, 0.6) is 5.75 Å². The summed E-state index contributed by atoms with van der Waals surface area (Å²) in [7, 11) is -2.46. The lowest BCUT2D eigenvalue weighted by molar-refractivity contribution is -0.129. The summed E-state index contributed by atoms with van der Waals surface area (Å²) in [6.07, 6.45) is 5.62. The normalized spacial score (nSPS) is 21.5. The molecular weight excluding hydrogens is 420 g/mol. The Kier molecular flexibility index (Phi) is 7.59. The van der Waals surface area contributed by atoms with E-state index in [0.717, 1.165) is 44.9 Å². The van der Waals surface area contributed by atoms with Gasteiger partial charge in [0.15, 0.2) is 6.10 Å². The van der Waals surface area contributed by atoms with E-state index in [4.69, 9.17) is 9.47 Å². The summed E-state index contributed by atoms with van der Waals surface area (Å²) in [5.74, 6) is -0.926. The summed E-state index contributed by atoms with van der Waals surface area (Å²) in [5.41, 5.74) is 0.0598. The van der Waals surface area contributed by atoms with Gasteiger partial charge in [-0.2, -0.15) is 4.31 Å². The van der Waals surface area contributed by atoms with Crippen molar-refractivity contribution in [1.82, 2.24) is 9.62 Å². The Hall–Kier alpha value is -2.13. The average molecular weight is 453 g/mol. The first kappa shape index (κ1) is 23.5. The minimum absolute atomic E-state index is 0.0598. The Morgan fingerprint density at radius 1 is 1.13 bits per heavy atom. The monoisotopic (exact) mass is 452 g/mol. The Balaban J connectivity index is 1.77. The third-order valence-corrected chi connectivity index (χ3v) is 8.12. The van der Waals surface area contributed by atoms with Crippen LogP contribution in [0, 0.1) is 0 Å². The minimum atomic E-state index is -3.85. The van der Waals surface area contributed by atoms with Crippen LogP contribution in [0.1, 0.15) is 69.2 Å². The number of methoxy groups -OCH3 is 1. The summed E-state index contributed by atoms with van der Waals surface area (Å²) in [6, 6.07) is 4.17. The third kappa shape index (κ3) is 5.38. The van der Waals surface area contributed by atoms with Crippen molar-refractivity contribution in [1.29, 1.82) is 0 Å². The summed E-state index contributed by atoms with van der Waals surface area (Å²) >= 11 is 0. The second-order valence-electron chi connectivity index (χ2n) is 8.36. The van der Waals surface area contributed by atoms with Gasteiger partial charge in [0.2, 0.25) is 10.0 Å². The third-order valence-electron chi connectivity index (χ3n) is 6.08. The average Bonchev–Trinajstić information content (AvgIpc) is 3.26. The first-order valence-electron chi connectivity index (χ1n) is 10.9.